The summed E-state index contributed by atoms with van der Waals surface area (Å²) in [5.41, 5.74) is 0.988. The van der Waals surface area contributed by atoms with Crippen molar-refractivity contribution in [1.29, 1.82) is 10.8 Å². The van der Waals surface area contributed by atoms with Crippen LogP contribution in [0.3, 0.4) is 0 Å². The van der Waals surface area contributed by atoms with Gasteiger partial charge in [-0.25, -0.2) is 0 Å². The first-order valence-electron chi connectivity index (χ1n) is 8.85. The Bertz CT molecular complexity index is 1070. The lowest BCUT2D eigenvalue weighted by Gasteiger charge is -2.08. The summed E-state index contributed by atoms with van der Waals surface area (Å²) in [6, 6.07) is 9.89. The van der Waals surface area contributed by atoms with E-state index in [9.17, 15) is 13.2 Å². The largest absolute Gasteiger partial charge is 0.465 e. The molecule has 2 N–H and O–H groups in total. The van der Waals surface area contributed by atoms with Gasteiger partial charge < -0.3 is 14.0 Å². The monoisotopic (exact) mass is 403 g/mol. The van der Waals surface area contributed by atoms with E-state index in [1.807, 2.05) is 0 Å². The molecule has 1 aliphatic rings. The summed E-state index contributed by atoms with van der Waals surface area (Å²) in [4.78, 5) is 0. The molecule has 6 nitrogen and oxygen atoms in total. The van der Waals surface area contributed by atoms with Crippen molar-refractivity contribution in [3.8, 4) is 17.0 Å². The van der Waals surface area contributed by atoms with Crippen molar-refractivity contribution < 1.29 is 27.2 Å². The summed E-state index contributed by atoms with van der Waals surface area (Å²) >= 11 is 0. The maximum atomic E-state index is 12.7. The molecule has 1 aromatic heterocycles. The molecule has 0 aliphatic heterocycles. The predicted molar refractivity (Wildman–Crippen MR) is 99.2 cm³/mol. The molecule has 29 heavy (non-hydrogen) atoms. The topological polar surface area (TPSA) is 92.2 Å². The fourth-order valence-corrected chi connectivity index (χ4v) is 2.78. The van der Waals surface area contributed by atoms with Gasteiger partial charge in [-0.05, 0) is 53.4 Å². The Hall–Kier alpha value is -3.36. The Balaban J connectivity index is 1.50. The molecular formula is C20H16F3N3O3. The number of hydrogen-bond acceptors (Lipinski definition) is 6. The Morgan fingerprint density at radius 1 is 1.07 bits per heavy atom. The van der Waals surface area contributed by atoms with E-state index >= 15 is 0 Å². The van der Waals surface area contributed by atoms with E-state index in [2.05, 4.69) is 5.16 Å². The summed E-state index contributed by atoms with van der Waals surface area (Å²) in [5.74, 6) is 0.0831. The predicted octanol–water partition coefficient (Wildman–Crippen LogP) is 5.27. The second-order valence-corrected chi connectivity index (χ2v) is 6.73. The van der Waals surface area contributed by atoms with Crippen LogP contribution < -0.4 is 4.74 Å². The zero-order valence-electron chi connectivity index (χ0n) is 15.0. The minimum Gasteiger partial charge on any atom is -0.465 e. The average molecular weight is 403 g/mol. The summed E-state index contributed by atoms with van der Waals surface area (Å²) in [7, 11) is 0. The third-order valence-electron chi connectivity index (χ3n) is 4.50. The summed E-state index contributed by atoms with van der Waals surface area (Å²) in [6.07, 6.45) is -2.60. The number of nitrogens with one attached hydrogen (secondary N) is 2. The highest BCUT2D eigenvalue weighted by atomic mass is 19.4. The van der Waals surface area contributed by atoms with Gasteiger partial charge in [0.25, 0.3) is 5.88 Å². The second kappa shape index (κ2) is 7.23. The maximum Gasteiger partial charge on any atom is 0.416 e. The van der Waals surface area contributed by atoms with Crippen molar-refractivity contribution in [1.82, 2.24) is 5.16 Å². The van der Waals surface area contributed by atoms with Gasteiger partial charge >= 0.3 is 6.18 Å². The SMILES string of the molecule is N=C(COc1noc2ccc(-c3ccc(C(F)(F)F)cc3)cc12)OC(=N)C1CC1. The number of ether oxygens (including phenoxy) is 2. The van der Waals surface area contributed by atoms with Crippen LogP contribution in [0.1, 0.15) is 18.4 Å². The van der Waals surface area contributed by atoms with Crippen LogP contribution in [0.25, 0.3) is 22.1 Å². The van der Waals surface area contributed by atoms with E-state index < -0.39 is 11.7 Å². The molecule has 0 amide bonds. The lowest BCUT2D eigenvalue weighted by atomic mass is 10.0. The molecule has 2 aromatic carbocycles. The van der Waals surface area contributed by atoms with Crippen molar-refractivity contribution in [2.75, 3.05) is 6.61 Å². The molecule has 0 radical (unpaired) electrons. The number of alkyl halides is 3. The lowest BCUT2D eigenvalue weighted by Crippen LogP contribution is -2.19. The van der Waals surface area contributed by atoms with E-state index in [0.29, 0.717) is 22.1 Å². The van der Waals surface area contributed by atoms with Crippen molar-refractivity contribution in [3.63, 3.8) is 0 Å². The minimum absolute atomic E-state index is 0.0631. The molecule has 0 bridgehead atoms. The maximum absolute atomic E-state index is 12.7. The lowest BCUT2D eigenvalue weighted by molar-refractivity contribution is -0.137. The molecular weight excluding hydrogens is 387 g/mol. The third kappa shape index (κ3) is 4.23. The van der Waals surface area contributed by atoms with Gasteiger partial charge in [0.05, 0.1) is 10.9 Å². The van der Waals surface area contributed by atoms with Crippen molar-refractivity contribution in [2.45, 2.75) is 19.0 Å². The van der Waals surface area contributed by atoms with Crippen molar-refractivity contribution in [2.24, 2.45) is 5.92 Å². The van der Waals surface area contributed by atoms with Gasteiger partial charge in [-0.15, -0.1) is 0 Å². The van der Waals surface area contributed by atoms with Crippen LogP contribution >= 0.6 is 0 Å². The van der Waals surface area contributed by atoms with Gasteiger partial charge in [-0.1, -0.05) is 18.2 Å². The number of benzene rings is 2. The van der Waals surface area contributed by atoms with Crippen LogP contribution in [0.5, 0.6) is 5.88 Å². The molecule has 1 fully saturated rings. The van der Waals surface area contributed by atoms with E-state index in [-0.39, 0.29) is 30.2 Å². The quantitative estimate of drug-likeness (QED) is 0.448. The second-order valence-electron chi connectivity index (χ2n) is 6.73. The Labute approximate surface area is 163 Å². The Morgan fingerprint density at radius 2 is 1.76 bits per heavy atom. The minimum atomic E-state index is -4.39. The first-order valence-corrected chi connectivity index (χ1v) is 8.85. The van der Waals surface area contributed by atoms with Crippen LogP contribution in [0, 0.1) is 16.7 Å². The summed E-state index contributed by atoms with van der Waals surface area (Å²) < 4.78 is 54.0. The van der Waals surface area contributed by atoms with Crippen LogP contribution in [0.4, 0.5) is 13.2 Å². The van der Waals surface area contributed by atoms with E-state index in [1.54, 1.807) is 18.2 Å². The van der Waals surface area contributed by atoms with Gasteiger partial charge in [-0.3, -0.25) is 10.8 Å². The summed E-state index contributed by atoms with van der Waals surface area (Å²) in [5, 5.41) is 19.8. The molecule has 0 spiro atoms. The number of fused-ring (bicyclic) bond motifs is 1. The first kappa shape index (κ1) is 19.0. The number of hydrogen-bond donors (Lipinski definition) is 2. The number of aromatic nitrogens is 1. The van der Waals surface area contributed by atoms with Crippen LogP contribution in [-0.4, -0.2) is 23.6 Å². The van der Waals surface area contributed by atoms with E-state index in [1.165, 1.54) is 12.1 Å². The van der Waals surface area contributed by atoms with E-state index in [0.717, 1.165) is 25.0 Å². The third-order valence-corrected chi connectivity index (χ3v) is 4.50. The normalized spacial score (nSPS) is 14.0. The zero-order valence-corrected chi connectivity index (χ0v) is 15.0. The molecule has 1 saturated carbocycles. The molecule has 9 heteroatoms. The molecule has 150 valence electrons. The average Bonchev–Trinajstić information content (AvgIpc) is 3.46. The fourth-order valence-electron chi connectivity index (χ4n) is 2.78. The molecule has 4 rings (SSSR count). The molecule has 3 aromatic rings. The molecule has 1 aliphatic carbocycles. The molecule has 0 saturated heterocycles. The van der Waals surface area contributed by atoms with Crippen LogP contribution in [0.2, 0.25) is 0 Å². The van der Waals surface area contributed by atoms with Gasteiger partial charge in [0, 0.05) is 5.92 Å². The van der Waals surface area contributed by atoms with Gasteiger partial charge in [0.2, 0.25) is 5.90 Å². The highest BCUT2D eigenvalue weighted by Gasteiger charge is 2.30. The number of halogens is 3. The standard InChI is InChI=1S/C20H16F3N3O3/c21-20(22,23)14-6-3-11(4-7-14)13-5-8-16-15(9-13)19(26-29-16)27-10-17(24)28-18(25)12-1-2-12/h3-9,12,24-25H,1-2,10H2. The van der Waals surface area contributed by atoms with Gasteiger partial charge in [0.1, 0.15) is 0 Å². The van der Waals surface area contributed by atoms with E-state index in [4.69, 9.17) is 24.8 Å². The molecule has 0 atom stereocenters. The Kier molecular flexibility index (Phi) is 4.73. The number of nitrogens with zero attached hydrogens (tertiary/aromatic N) is 1. The first-order chi connectivity index (χ1) is 13.8. The van der Waals surface area contributed by atoms with Crippen LogP contribution in [-0.2, 0) is 10.9 Å². The molecule has 1 heterocycles. The summed E-state index contributed by atoms with van der Waals surface area (Å²) in [6.45, 7) is -0.221. The van der Waals surface area contributed by atoms with Crippen molar-refractivity contribution >= 4 is 22.8 Å². The van der Waals surface area contributed by atoms with Crippen molar-refractivity contribution in [3.05, 3.63) is 48.0 Å². The number of rotatable bonds is 5. The zero-order chi connectivity index (χ0) is 20.6. The Morgan fingerprint density at radius 3 is 2.41 bits per heavy atom. The highest BCUT2D eigenvalue weighted by molar-refractivity contribution is 5.92. The van der Waals surface area contributed by atoms with Crippen LogP contribution in [0.15, 0.2) is 47.0 Å². The van der Waals surface area contributed by atoms with Gasteiger partial charge in [0.15, 0.2) is 18.1 Å². The fraction of sp³-hybridized carbons (Fsp3) is 0.250. The highest BCUT2D eigenvalue weighted by Crippen LogP contribution is 2.33. The molecule has 0 unspecified atom stereocenters. The van der Waals surface area contributed by atoms with Gasteiger partial charge in [-0.2, -0.15) is 13.2 Å². The smallest absolute Gasteiger partial charge is 0.416 e.